The molecule has 2 aromatic rings. The van der Waals surface area contributed by atoms with E-state index in [1.807, 2.05) is 0 Å². The molecule has 0 aliphatic heterocycles. The number of aliphatic hydroxyl groups excluding tert-OH is 1. The number of rotatable bonds is 4. The monoisotopic (exact) mass is 235 g/mol. The molecule has 0 fully saturated rings. The molecule has 3 N–H and O–H groups in total. The van der Waals surface area contributed by atoms with Crippen molar-refractivity contribution in [3.05, 3.63) is 29.5 Å². The molecule has 5 nitrogen and oxygen atoms in total. The molecule has 90 valence electrons. The lowest BCUT2D eigenvalue weighted by Crippen LogP contribution is -2.02. The fraction of sp³-hybridized carbons (Fsp3) is 0.250. The van der Waals surface area contributed by atoms with Crippen molar-refractivity contribution in [2.75, 3.05) is 7.11 Å². The van der Waals surface area contributed by atoms with Crippen LogP contribution in [0.25, 0.3) is 10.9 Å². The van der Waals surface area contributed by atoms with Crippen LogP contribution in [0.15, 0.2) is 18.2 Å². The first kappa shape index (κ1) is 11.5. The summed E-state index contributed by atoms with van der Waals surface area (Å²) in [6.45, 7) is -0.209. The first-order valence-corrected chi connectivity index (χ1v) is 5.16. The fourth-order valence-electron chi connectivity index (χ4n) is 1.90. The van der Waals surface area contributed by atoms with Gasteiger partial charge < -0.3 is 19.9 Å². The molecule has 17 heavy (non-hydrogen) atoms. The molecule has 0 unspecified atom stereocenters. The Kier molecular flexibility index (Phi) is 3.01. The van der Waals surface area contributed by atoms with Crippen molar-refractivity contribution in [1.82, 2.24) is 4.98 Å². The molecule has 0 aliphatic carbocycles. The molecule has 1 aromatic heterocycles. The number of H-pyrrole nitrogens is 1. The lowest BCUT2D eigenvalue weighted by atomic mass is 10.1. The summed E-state index contributed by atoms with van der Waals surface area (Å²) < 4.78 is 5.10. The number of nitrogens with one attached hydrogen (secondary N) is 1. The Bertz CT molecular complexity index is 559. The summed E-state index contributed by atoms with van der Waals surface area (Å²) in [7, 11) is 1.55. The minimum atomic E-state index is -0.927. The Hall–Kier alpha value is -2.01. The number of aromatic nitrogens is 1. The van der Waals surface area contributed by atoms with Crippen molar-refractivity contribution in [3.63, 3.8) is 0 Å². The van der Waals surface area contributed by atoms with E-state index >= 15 is 0 Å². The van der Waals surface area contributed by atoms with E-state index in [1.165, 1.54) is 0 Å². The van der Waals surface area contributed by atoms with Gasteiger partial charge in [-0.05, 0) is 23.8 Å². The summed E-state index contributed by atoms with van der Waals surface area (Å²) in [6.07, 6.45) is -0.122. The number of carboxylic acid groups (broad SMARTS) is 1. The van der Waals surface area contributed by atoms with Gasteiger partial charge in [0.2, 0.25) is 0 Å². The highest BCUT2D eigenvalue weighted by Crippen LogP contribution is 2.27. The number of aliphatic hydroxyl groups is 1. The third-order valence-electron chi connectivity index (χ3n) is 2.69. The number of hydrogen-bond donors (Lipinski definition) is 3. The zero-order valence-electron chi connectivity index (χ0n) is 9.36. The smallest absolute Gasteiger partial charge is 0.307 e. The Balaban J connectivity index is 2.62. The lowest BCUT2D eigenvalue weighted by Gasteiger charge is -2.01. The van der Waals surface area contributed by atoms with Gasteiger partial charge in [0.1, 0.15) is 5.75 Å². The van der Waals surface area contributed by atoms with Gasteiger partial charge in [0, 0.05) is 16.6 Å². The lowest BCUT2D eigenvalue weighted by molar-refractivity contribution is -0.136. The molecule has 2 rings (SSSR count). The van der Waals surface area contributed by atoms with Gasteiger partial charge in [-0.2, -0.15) is 0 Å². The highest BCUT2D eigenvalue weighted by molar-refractivity contribution is 5.89. The number of ether oxygens (including phenoxy) is 1. The predicted octanol–water partition coefficient (Wildman–Crippen LogP) is 1.30. The van der Waals surface area contributed by atoms with Crippen LogP contribution in [-0.2, 0) is 17.8 Å². The van der Waals surface area contributed by atoms with Crippen molar-refractivity contribution in [3.8, 4) is 5.75 Å². The van der Waals surface area contributed by atoms with Gasteiger partial charge in [-0.15, -0.1) is 0 Å². The molecule has 0 saturated carbocycles. The average molecular weight is 235 g/mol. The van der Waals surface area contributed by atoms with Crippen LogP contribution >= 0.6 is 0 Å². The van der Waals surface area contributed by atoms with Crippen LogP contribution in [0, 0.1) is 0 Å². The van der Waals surface area contributed by atoms with E-state index in [2.05, 4.69) is 4.98 Å². The number of fused-ring (bicyclic) bond motifs is 1. The first-order chi connectivity index (χ1) is 8.15. The molecule has 1 aromatic carbocycles. The number of carboxylic acids is 1. The van der Waals surface area contributed by atoms with Gasteiger partial charge in [-0.3, -0.25) is 4.79 Å². The largest absolute Gasteiger partial charge is 0.497 e. The Morgan fingerprint density at radius 2 is 2.24 bits per heavy atom. The minimum absolute atomic E-state index is 0.122. The van der Waals surface area contributed by atoms with Crippen LogP contribution in [0.2, 0.25) is 0 Å². The number of hydrogen-bond acceptors (Lipinski definition) is 3. The maximum Gasteiger partial charge on any atom is 0.307 e. The van der Waals surface area contributed by atoms with Crippen molar-refractivity contribution in [2.45, 2.75) is 13.0 Å². The van der Waals surface area contributed by atoms with Crippen LogP contribution in [0.3, 0.4) is 0 Å². The van der Waals surface area contributed by atoms with Crippen LogP contribution in [-0.4, -0.2) is 28.3 Å². The summed E-state index contributed by atoms with van der Waals surface area (Å²) in [5.41, 5.74) is 1.94. The SMILES string of the molecule is COc1ccc2[nH]c(CO)c(CC(=O)O)c2c1. The maximum absolute atomic E-state index is 10.8. The van der Waals surface area contributed by atoms with Crippen molar-refractivity contribution < 1.29 is 19.7 Å². The van der Waals surface area contributed by atoms with E-state index in [1.54, 1.807) is 25.3 Å². The molecule has 0 atom stereocenters. The molecule has 0 saturated heterocycles. The first-order valence-electron chi connectivity index (χ1n) is 5.16. The number of benzene rings is 1. The van der Waals surface area contributed by atoms with Crippen LogP contribution < -0.4 is 4.74 Å². The van der Waals surface area contributed by atoms with Gasteiger partial charge >= 0.3 is 5.97 Å². The van der Waals surface area contributed by atoms with Crippen LogP contribution in [0.4, 0.5) is 0 Å². The highest BCUT2D eigenvalue weighted by Gasteiger charge is 2.14. The zero-order valence-corrected chi connectivity index (χ0v) is 9.36. The van der Waals surface area contributed by atoms with E-state index < -0.39 is 5.97 Å². The molecule has 0 radical (unpaired) electrons. The third kappa shape index (κ3) is 2.09. The van der Waals surface area contributed by atoms with E-state index in [-0.39, 0.29) is 13.0 Å². The van der Waals surface area contributed by atoms with E-state index in [0.29, 0.717) is 17.0 Å². The summed E-state index contributed by atoms with van der Waals surface area (Å²) in [4.78, 5) is 13.8. The highest BCUT2D eigenvalue weighted by atomic mass is 16.5. The fourth-order valence-corrected chi connectivity index (χ4v) is 1.90. The number of aromatic amines is 1. The van der Waals surface area contributed by atoms with E-state index in [9.17, 15) is 9.90 Å². The molecule has 5 heteroatoms. The van der Waals surface area contributed by atoms with E-state index in [4.69, 9.17) is 9.84 Å². The molecular formula is C12H13NO4. The number of carbonyl (C=O) groups is 1. The summed E-state index contributed by atoms with van der Waals surface area (Å²) in [5, 5.41) is 18.8. The van der Waals surface area contributed by atoms with Gasteiger partial charge in [0.25, 0.3) is 0 Å². The number of aliphatic carboxylic acids is 1. The molecule has 0 bridgehead atoms. The van der Waals surface area contributed by atoms with Crippen molar-refractivity contribution in [2.24, 2.45) is 0 Å². The molecular weight excluding hydrogens is 222 g/mol. The summed E-state index contributed by atoms with van der Waals surface area (Å²) >= 11 is 0. The zero-order chi connectivity index (χ0) is 12.4. The molecule has 1 heterocycles. The van der Waals surface area contributed by atoms with Crippen molar-refractivity contribution >= 4 is 16.9 Å². The van der Waals surface area contributed by atoms with E-state index in [0.717, 1.165) is 10.9 Å². The summed E-state index contributed by atoms with van der Waals surface area (Å²) in [5.74, 6) is -0.268. The predicted molar refractivity (Wildman–Crippen MR) is 62.1 cm³/mol. The number of methoxy groups -OCH3 is 1. The second kappa shape index (κ2) is 4.47. The maximum atomic E-state index is 10.8. The second-order valence-electron chi connectivity index (χ2n) is 3.72. The Labute approximate surface area is 97.6 Å². The van der Waals surface area contributed by atoms with Crippen LogP contribution in [0.1, 0.15) is 11.3 Å². The van der Waals surface area contributed by atoms with Crippen molar-refractivity contribution in [1.29, 1.82) is 0 Å². The minimum Gasteiger partial charge on any atom is -0.497 e. The Morgan fingerprint density at radius 1 is 1.47 bits per heavy atom. The van der Waals surface area contributed by atoms with Gasteiger partial charge in [-0.25, -0.2) is 0 Å². The molecule has 0 amide bonds. The topological polar surface area (TPSA) is 82.5 Å². The Morgan fingerprint density at radius 3 is 2.82 bits per heavy atom. The third-order valence-corrected chi connectivity index (χ3v) is 2.69. The quantitative estimate of drug-likeness (QED) is 0.745. The second-order valence-corrected chi connectivity index (χ2v) is 3.72. The summed E-state index contributed by atoms with van der Waals surface area (Å²) in [6, 6.07) is 5.35. The van der Waals surface area contributed by atoms with Crippen LogP contribution in [0.5, 0.6) is 5.75 Å². The normalized spacial score (nSPS) is 10.7. The van der Waals surface area contributed by atoms with Gasteiger partial charge in [0.05, 0.1) is 20.1 Å². The van der Waals surface area contributed by atoms with Gasteiger partial charge in [-0.1, -0.05) is 0 Å². The standard InChI is InChI=1S/C12H13NO4/c1-17-7-2-3-10-8(4-7)9(5-12(15)16)11(6-14)13-10/h2-4,13-14H,5-6H2,1H3,(H,15,16). The molecule has 0 aliphatic rings. The average Bonchev–Trinajstić information content (AvgIpc) is 2.66. The van der Waals surface area contributed by atoms with Gasteiger partial charge in [0.15, 0.2) is 0 Å². The molecule has 0 spiro atoms.